The Morgan fingerprint density at radius 1 is 1.00 bits per heavy atom. The molecule has 2 N–H and O–H groups in total. The van der Waals surface area contributed by atoms with Crippen LogP contribution in [0.2, 0.25) is 0 Å². The summed E-state index contributed by atoms with van der Waals surface area (Å²) < 4.78 is 11.5. The third kappa shape index (κ3) is 6.62. The first-order valence-corrected chi connectivity index (χ1v) is 10.9. The van der Waals surface area contributed by atoms with Crippen LogP contribution in [0.5, 0.6) is 11.5 Å². The van der Waals surface area contributed by atoms with Crippen LogP contribution in [-0.4, -0.2) is 44.3 Å². The van der Waals surface area contributed by atoms with E-state index in [2.05, 4.69) is 37.6 Å². The molecule has 0 bridgehead atoms. The molecule has 2 aliphatic heterocycles. The summed E-state index contributed by atoms with van der Waals surface area (Å²) in [5.41, 5.74) is 2.10. The quantitative estimate of drug-likeness (QED) is 0.342. The molecule has 1 saturated heterocycles. The molecule has 0 spiro atoms. The number of aliphatic imine (C=N–C) groups is 1. The van der Waals surface area contributed by atoms with Crippen molar-refractivity contribution in [3.05, 3.63) is 42.1 Å². The first-order chi connectivity index (χ1) is 14.8. The lowest BCUT2D eigenvalue weighted by Crippen LogP contribution is -2.30. The van der Waals surface area contributed by atoms with Crippen molar-refractivity contribution >= 4 is 41.4 Å². The number of hydrogen-bond donors (Lipinski definition) is 2. The lowest BCUT2D eigenvalue weighted by molar-refractivity contribution is 0.297. The Bertz CT molecular complexity index is 869. The fraction of sp³-hybridized carbons (Fsp3) is 0.478. The number of aromatic nitrogens is 1. The van der Waals surface area contributed by atoms with E-state index in [0.717, 1.165) is 42.5 Å². The summed E-state index contributed by atoms with van der Waals surface area (Å²) >= 11 is 0. The van der Waals surface area contributed by atoms with Crippen molar-refractivity contribution in [3.63, 3.8) is 0 Å². The molecule has 1 aromatic carbocycles. The van der Waals surface area contributed by atoms with Gasteiger partial charge in [-0.05, 0) is 42.7 Å². The van der Waals surface area contributed by atoms with Crippen LogP contribution in [0.4, 0.5) is 11.5 Å². The average Bonchev–Trinajstić information content (AvgIpc) is 3.19. The number of pyridine rings is 1. The van der Waals surface area contributed by atoms with Gasteiger partial charge in [-0.25, -0.2) is 4.98 Å². The Labute approximate surface area is 201 Å². The highest BCUT2D eigenvalue weighted by Gasteiger charge is 2.13. The highest BCUT2D eigenvalue weighted by molar-refractivity contribution is 14.0. The molecule has 2 aromatic rings. The maximum absolute atomic E-state index is 5.78. The third-order valence-electron chi connectivity index (χ3n) is 5.43. The molecule has 3 heterocycles. The van der Waals surface area contributed by atoms with Crippen LogP contribution in [0.25, 0.3) is 0 Å². The zero-order valence-electron chi connectivity index (χ0n) is 18.1. The van der Waals surface area contributed by atoms with Crippen LogP contribution in [0.15, 0.2) is 41.5 Å². The van der Waals surface area contributed by atoms with Gasteiger partial charge in [0.05, 0.1) is 13.2 Å². The van der Waals surface area contributed by atoms with Crippen molar-refractivity contribution in [3.8, 4) is 11.5 Å². The average molecular weight is 537 g/mol. The molecule has 0 saturated carbocycles. The van der Waals surface area contributed by atoms with Gasteiger partial charge in [0.15, 0.2) is 17.5 Å². The van der Waals surface area contributed by atoms with E-state index in [0.29, 0.717) is 25.7 Å². The predicted octanol–water partition coefficient (Wildman–Crippen LogP) is 4.43. The summed E-state index contributed by atoms with van der Waals surface area (Å²) in [5, 5.41) is 6.72. The summed E-state index contributed by atoms with van der Waals surface area (Å²) in [4.78, 5) is 11.3. The molecule has 168 valence electrons. The van der Waals surface area contributed by atoms with Gasteiger partial charge in [-0.1, -0.05) is 12.8 Å². The minimum absolute atomic E-state index is 0. The van der Waals surface area contributed by atoms with Crippen LogP contribution in [-0.2, 0) is 6.54 Å². The highest BCUT2D eigenvalue weighted by atomic mass is 127. The zero-order chi connectivity index (χ0) is 20.6. The van der Waals surface area contributed by atoms with E-state index in [-0.39, 0.29) is 24.0 Å². The molecular formula is C23H32IN5O2. The number of halogens is 1. The van der Waals surface area contributed by atoms with Crippen molar-refractivity contribution < 1.29 is 9.47 Å². The van der Waals surface area contributed by atoms with Crippen LogP contribution in [0, 0.1) is 0 Å². The molecule has 0 amide bonds. The first kappa shape index (κ1) is 23.4. The fourth-order valence-electron chi connectivity index (χ4n) is 3.79. The van der Waals surface area contributed by atoms with E-state index < -0.39 is 0 Å². The van der Waals surface area contributed by atoms with E-state index in [9.17, 15) is 0 Å². The van der Waals surface area contributed by atoms with Crippen molar-refractivity contribution in [2.45, 2.75) is 38.6 Å². The number of guanidine groups is 1. The predicted molar refractivity (Wildman–Crippen MR) is 136 cm³/mol. The maximum atomic E-state index is 5.78. The summed E-state index contributed by atoms with van der Waals surface area (Å²) in [5.74, 6) is 3.34. The Kier molecular flexibility index (Phi) is 9.05. The monoisotopic (exact) mass is 537 g/mol. The van der Waals surface area contributed by atoms with Gasteiger partial charge < -0.3 is 25.0 Å². The fourth-order valence-corrected chi connectivity index (χ4v) is 3.79. The molecule has 2 aliphatic rings. The van der Waals surface area contributed by atoms with E-state index in [4.69, 9.17) is 9.47 Å². The molecular weight excluding hydrogens is 505 g/mol. The second-order valence-electron chi connectivity index (χ2n) is 7.69. The van der Waals surface area contributed by atoms with Gasteiger partial charge >= 0.3 is 0 Å². The van der Waals surface area contributed by atoms with Crippen LogP contribution < -0.4 is 25.0 Å². The normalized spacial score (nSPS) is 16.5. The minimum Gasteiger partial charge on any atom is -0.490 e. The molecule has 0 radical (unpaired) electrons. The standard InChI is InChI=1S/C23H31N5O2.HI/c1-24-23(27-19-7-8-20-21(16-19)30-14-6-13-29-20)26-17-18-9-10-25-22(15-18)28-11-4-2-3-5-12-28;/h7-10,15-16H,2-6,11-14,17H2,1H3,(H2,24,26,27);1H. The largest absolute Gasteiger partial charge is 0.490 e. The molecule has 0 atom stereocenters. The summed E-state index contributed by atoms with van der Waals surface area (Å²) in [6.45, 7) is 4.22. The van der Waals surface area contributed by atoms with Gasteiger partial charge in [0.1, 0.15) is 5.82 Å². The Morgan fingerprint density at radius 3 is 2.55 bits per heavy atom. The Balaban J connectivity index is 0.00000272. The number of nitrogens with zero attached hydrogens (tertiary/aromatic N) is 3. The lowest BCUT2D eigenvalue weighted by Gasteiger charge is -2.22. The number of anilines is 2. The lowest BCUT2D eigenvalue weighted by atomic mass is 10.2. The van der Waals surface area contributed by atoms with Gasteiger partial charge in [0.2, 0.25) is 0 Å². The SMILES string of the molecule is CN=C(NCc1ccnc(N2CCCCCC2)c1)Nc1ccc2c(c1)OCCCO2.I. The van der Waals surface area contributed by atoms with Gasteiger partial charge in [-0.3, -0.25) is 4.99 Å². The van der Waals surface area contributed by atoms with Crippen LogP contribution in [0.1, 0.15) is 37.7 Å². The molecule has 7 nitrogen and oxygen atoms in total. The molecule has 31 heavy (non-hydrogen) atoms. The van der Waals surface area contributed by atoms with Gasteiger partial charge in [0, 0.05) is 51.1 Å². The minimum atomic E-state index is 0. The number of ether oxygens (including phenoxy) is 2. The van der Waals surface area contributed by atoms with Gasteiger partial charge in [0.25, 0.3) is 0 Å². The number of hydrogen-bond acceptors (Lipinski definition) is 5. The van der Waals surface area contributed by atoms with E-state index >= 15 is 0 Å². The van der Waals surface area contributed by atoms with Crippen LogP contribution in [0.3, 0.4) is 0 Å². The molecule has 8 heteroatoms. The number of nitrogens with one attached hydrogen (secondary N) is 2. The smallest absolute Gasteiger partial charge is 0.195 e. The number of rotatable bonds is 4. The molecule has 1 fully saturated rings. The number of fused-ring (bicyclic) bond motifs is 1. The summed E-state index contributed by atoms with van der Waals surface area (Å²) in [6.07, 6.45) is 7.93. The Morgan fingerprint density at radius 2 is 1.77 bits per heavy atom. The molecule has 1 aromatic heterocycles. The van der Waals surface area contributed by atoms with E-state index in [1.165, 1.54) is 31.2 Å². The molecule has 4 rings (SSSR count). The van der Waals surface area contributed by atoms with E-state index in [1.807, 2.05) is 24.4 Å². The topological polar surface area (TPSA) is 71.0 Å². The molecule has 0 unspecified atom stereocenters. The Hall–Kier alpha value is -2.23. The summed E-state index contributed by atoms with van der Waals surface area (Å²) in [7, 11) is 1.77. The van der Waals surface area contributed by atoms with Crippen LogP contribution >= 0.6 is 24.0 Å². The maximum Gasteiger partial charge on any atom is 0.195 e. The van der Waals surface area contributed by atoms with Crippen molar-refractivity contribution in [1.29, 1.82) is 0 Å². The van der Waals surface area contributed by atoms with E-state index in [1.54, 1.807) is 7.05 Å². The van der Waals surface area contributed by atoms with Gasteiger partial charge in [-0.15, -0.1) is 24.0 Å². The summed E-state index contributed by atoms with van der Waals surface area (Å²) in [6, 6.07) is 10.1. The van der Waals surface area contributed by atoms with Crippen molar-refractivity contribution in [1.82, 2.24) is 10.3 Å². The third-order valence-corrected chi connectivity index (χ3v) is 5.43. The second-order valence-corrected chi connectivity index (χ2v) is 7.69. The second kappa shape index (κ2) is 12.0. The van der Waals surface area contributed by atoms with Gasteiger partial charge in [-0.2, -0.15) is 0 Å². The molecule has 0 aliphatic carbocycles. The zero-order valence-corrected chi connectivity index (χ0v) is 20.4. The number of benzene rings is 1. The first-order valence-electron chi connectivity index (χ1n) is 10.9. The van der Waals surface area contributed by atoms with Crippen molar-refractivity contribution in [2.75, 3.05) is 43.6 Å². The highest BCUT2D eigenvalue weighted by Crippen LogP contribution is 2.32. The van der Waals surface area contributed by atoms with Crippen molar-refractivity contribution in [2.24, 2.45) is 4.99 Å².